The quantitative estimate of drug-likeness (QED) is 0.184. The first-order chi connectivity index (χ1) is 14.0. The molecule has 29 heavy (non-hydrogen) atoms. The number of carbonyl (C=O) groups is 1. The number of alkyl halides is 2. The van der Waals surface area contributed by atoms with E-state index in [1.165, 1.54) is 12.1 Å². The van der Waals surface area contributed by atoms with Crippen LogP contribution in [0.25, 0.3) is 11.1 Å². The molecule has 1 aliphatic rings. The number of nitrogens with zero attached hydrogens (tertiary/aromatic N) is 3. The molecule has 0 unspecified atom stereocenters. The van der Waals surface area contributed by atoms with Crippen LogP contribution in [-0.2, 0) is 4.84 Å². The average Bonchev–Trinajstić information content (AvgIpc) is 3.35. The van der Waals surface area contributed by atoms with Crippen molar-refractivity contribution in [1.82, 2.24) is 18.7 Å². The third-order valence-electron chi connectivity index (χ3n) is 4.57. The maximum atomic E-state index is 13.2. The van der Waals surface area contributed by atoms with Crippen molar-refractivity contribution in [3.05, 3.63) is 71.6 Å². The molecular weight excluding hydrogens is 490 g/mol. The van der Waals surface area contributed by atoms with E-state index in [2.05, 4.69) is 13.8 Å². The summed E-state index contributed by atoms with van der Waals surface area (Å²) in [5, 5.41) is 3.87. The standard InChI is InChI=1S/C20H20FIN4O3/c1-13-23-19(29-24-13)18-11-22(25-28-2)12-26(18)20(27)16-5-3-14(4-6-16)15-7-9-17(21)10-8-15/h3-10,18,25H,11-12H2,1-2H3/t18-/m0/s1. The fourth-order valence-electron chi connectivity index (χ4n) is 3.17. The first-order valence-electron chi connectivity index (χ1n) is 8.92. The van der Waals surface area contributed by atoms with E-state index in [1.807, 2.05) is 12.1 Å². The normalized spacial score (nSPS) is 17.7. The van der Waals surface area contributed by atoms with Crippen LogP contribution in [0.3, 0.4) is 0 Å². The number of nitrogens with one attached hydrogen (secondary N) is 1. The van der Waals surface area contributed by atoms with E-state index in [0.29, 0.717) is 21.8 Å². The average molecular weight is 510 g/mol. The van der Waals surface area contributed by atoms with Crippen LogP contribution in [0.5, 0.6) is 0 Å². The number of hydrogen-bond donors (Lipinski definition) is 1. The van der Waals surface area contributed by atoms with E-state index in [0.717, 1.165) is 15.6 Å². The number of aromatic nitrogens is 2. The number of rotatable bonds is 5. The summed E-state index contributed by atoms with van der Waals surface area (Å²) >= 11 is -1.72. The molecule has 7 nitrogen and oxygen atoms in total. The zero-order valence-electron chi connectivity index (χ0n) is 15.9. The molecule has 3 aromatic rings. The summed E-state index contributed by atoms with van der Waals surface area (Å²) in [6.45, 7) is 1.76. The summed E-state index contributed by atoms with van der Waals surface area (Å²) in [6.07, 6.45) is 0. The number of halogens is 2. The van der Waals surface area contributed by atoms with E-state index in [4.69, 9.17) is 9.36 Å². The van der Waals surface area contributed by atoms with Crippen LogP contribution in [0.2, 0.25) is 0 Å². The second kappa shape index (κ2) is 8.56. The Balaban J connectivity index is 1.57. The second-order valence-corrected chi connectivity index (χ2v) is 11.2. The summed E-state index contributed by atoms with van der Waals surface area (Å²) in [7, 11) is 1.59. The van der Waals surface area contributed by atoms with Gasteiger partial charge in [-0.05, 0) is 0 Å². The Labute approximate surface area is 174 Å². The zero-order chi connectivity index (χ0) is 20.4. The molecule has 1 aliphatic heterocycles. The van der Waals surface area contributed by atoms with Crippen molar-refractivity contribution >= 4 is 26.0 Å². The topological polar surface area (TPSA) is 80.5 Å². The Hall–Kier alpha value is -2.37. The van der Waals surface area contributed by atoms with E-state index in [9.17, 15) is 9.18 Å². The van der Waals surface area contributed by atoms with Crippen LogP contribution in [0.1, 0.15) is 28.1 Å². The minimum atomic E-state index is -1.72. The second-order valence-electron chi connectivity index (χ2n) is 6.57. The number of aryl methyl sites for hydroxylation is 1. The van der Waals surface area contributed by atoms with Gasteiger partial charge >= 0.3 is 175 Å². The Morgan fingerprint density at radius 3 is 2.45 bits per heavy atom. The van der Waals surface area contributed by atoms with Gasteiger partial charge in [0.1, 0.15) is 0 Å². The number of carbonyl (C=O) groups excluding carboxylic acids is 1. The molecule has 1 N–H and O–H groups in total. The van der Waals surface area contributed by atoms with E-state index >= 15 is 0 Å². The van der Waals surface area contributed by atoms with Gasteiger partial charge in [0.05, 0.1) is 0 Å². The zero-order valence-corrected chi connectivity index (χ0v) is 18.1. The molecule has 2 heterocycles. The first-order valence-corrected chi connectivity index (χ1v) is 13.1. The predicted octanol–water partition coefficient (Wildman–Crippen LogP) is 3.91. The summed E-state index contributed by atoms with van der Waals surface area (Å²) < 4.78 is 22.9. The number of amides is 1. The molecule has 1 aromatic heterocycles. The van der Waals surface area contributed by atoms with Gasteiger partial charge < -0.3 is 0 Å². The van der Waals surface area contributed by atoms with Crippen LogP contribution in [-0.4, -0.2) is 37.0 Å². The van der Waals surface area contributed by atoms with Gasteiger partial charge in [-0.15, -0.1) is 0 Å². The molecule has 0 saturated carbocycles. The Morgan fingerprint density at radius 1 is 1.21 bits per heavy atom. The summed E-state index contributed by atoms with van der Waals surface area (Å²) in [4.78, 5) is 24.5. The van der Waals surface area contributed by atoms with Gasteiger partial charge in [0.2, 0.25) is 0 Å². The van der Waals surface area contributed by atoms with Gasteiger partial charge in [0, 0.05) is 0 Å². The van der Waals surface area contributed by atoms with Gasteiger partial charge in [-0.3, -0.25) is 0 Å². The van der Waals surface area contributed by atoms with E-state index < -0.39 is 20.1 Å². The van der Waals surface area contributed by atoms with Crippen molar-refractivity contribution in [3.8, 4) is 11.1 Å². The molecule has 0 aliphatic carbocycles. The van der Waals surface area contributed by atoms with Crippen LogP contribution < -0.4 is 3.69 Å². The molecule has 1 fully saturated rings. The fraction of sp³-hybridized carbons (Fsp3) is 0.250. The monoisotopic (exact) mass is 510 g/mol. The predicted molar refractivity (Wildman–Crippen MR) is 114 cm³/mol. The molecule has 4 rings (SSSR count). The van der Waals surface area contributed by atoms with Crippen molar-refractivity contribution in [3.63, 3.8) is 0 Å². The van der Waals surface area contributed by atoms with Crippen LogP contribution in [0.4, 0.5) is 4.39 Å². The Morgan fingerprint density at radius 2 is 1.86 bits per heavy atom. The molecule has 0 radical (unpaired) electrons. The number of benzene rings is 2. The maximum absolute atomic E-state index is 13.2. The SMILES string of the molecule is CONI1C[C@@H](c2nc(C)no2)N(C(=O)c2ccc(-c3ccc(F)cc3)cc2)C1. The van der Waals surface area contributed by atoms with Gasteiger partial charge in [-0.1, -0.05) is 0 Å². The third kappa shape index (κ3) is 4.31. The third-order valence-corrected chi connectivity index (χ3v) is 9.09. The molecule has 1 amide bonds. The van der Waals surface area contributed by atoms with Crippen molar-refractivity contribution in [2.75, 3.05) is 16.1 Å². The first kappa shape index (κ1) is 19.9. The molecule has 1 atom stereocenters. The summed E-state index contributed by atoms with van der Waals surface area (Å²) in [5.74, 6) is 0.634. The van der Waals surface area contributed by atoms with E-state index in [-0.39, 0.29) is 17.8 Å². The molecule has 9 heteroatoms. The van der Waals surface area contributed by atoms with Crippen LogP contribution in [0, 0.1) is 12.7 Å². The van der Waals surface area contributed by atoms with Crippen molar-refractivity contribution in [1.29, 1.82) is 0 Å². The fourth-order valence-corrected chi connectivity index (χ4v) is 7.92. The van der Waals surface area contributed by atoms with Crippen molar-refractivity contribution in [2.24, 2.45) is 0 Å². The van der Waals surface area contributed by atoms with Crippen LogP contribution >= 0.6 is 20.1 Å². The Bertz CT molecular complexity index is 994. The van der Waals surface area contributed by atoms with Crippen LogP contribution in [0.15, 0.2) is 53.1 Å². The number of hydrogen-bond acceptors (Lipinski definition) is 6. The molecular formula is C20H20FIN4O3. The molecule has 0 bridgehead atoms. The van der Waals surface area contributed by atoms with Gasteiger partial charge in [-0.25, -0.2) is 0 Å². The van der Waals surface area contributed by atoms with Crippen molar-refractivity contribution in [2.45, 2.75) is 13.0 Å². The van der Waals surface area contributed by atoms with Gasteiger partial charge in [-0.2, -0.15) is 0 Å². The van der Waals surface area contributed by atoms with Crippen molar-refractivity contribution < 1.29 is 18.5 Å². The van der Waals surface area contributed by atoms with Gasteiger partial charge in [0.25, 0.3) is 0 Å². The molecule has 2 aromatic carbocycles. The minimum absolute atomic E-state index is 0.0887. The molecule has 1 saturated heterocycles. The van der Waals surface area contributed by atoms with E-state index in [1.54, 1.807) is 43.2 Å². The molecule has 0 spiro atoms. The summed E-state index contributed by atoms with van der Waals surface area (Å²) in [6, 6.07) is 13.3. The molecule has 152 valence electrons. The Kier molecular flexibility index (Phi) is 5.88. The summed E-state index contributed by atoms with van der Waals surface area (Å²) in [5.41, 5.74) is 2.39. The van der Waals surface area contributed by atoms with Gasteiger partial charge in [0.15, 0.2) is 0 Å².